The Morgan fingerprint density at radius 3 is 1.20 bits per heavy atom. The zero-order valence-electron chi connectivity index (χ0n) is 46.8. The standard InChI is InChI=1S/C78H53N7/c1-3-22-64-53(4-2)54-27-5-12-34-65(54)80(64)49-23-20-26-52(46-49)83-67-36-14-8-30-57(67)60-43-44-72-77(78(60)83)61-33-11-18-40-71(61)81(72)50-24-19-25-51(45-50)82-66-35-13-9-31-58(66)62-48-74-63(47-73(62)82)59-32-10-17-39-70(59)85(74)76-42-21-41-75(79-76)84-68-37-15-6-28-55(68)56-29-7-16-38-69(56)84/h3,5-48H,4H2,1-2H3/b22-3-. The smallest absolute Gasteiger partial charge is 0.140 e. The molecule has 11 aromatic carbocycles. The molecule has 0 radical (unpaired) electrons. The Hall–Kier alpha value is -11.2. The minimum absolute atomic E-state index is 0.869. The number of rotatable bonds is 8. The summed E-state index contributed by atoms with van der Waals surface area (Å²) in [6, 6.07) is 95.9. The van der Waals surface area contributed by atoms with Crippen molar-refractivity contribution in [3.8, 4) is 34.4 Å². The van der Waals surface area contributed by atoms with Crippen LogP contribution in [-0.2, 0) is 6.42 Å². The lowest BCUT2D eigenvalue weighted by Crippen LogP contribution is -2.03. The molecule has 0 aliphatic carbocycles. The summed E-state index contributed by atoms with van der Waals surface area (Å²) in [5.74, 6) is 1.75. The monoisotopic (exact) mass is 1090 g/mol. The highest BCUT2D eigenvalue weighted by atomic mass is 15.1. The first kappa shape index (κ1) is 47.5. The Morgan fingerprint density at radius 2 is 0.671 bits per heavy atom. The fraction of sp³-hybridized carbons (Fsp3) is 0.0385. The van der Waals surface area contributed by atoms with Gasteiger partial charge in [0.2, 0.25) is 0 Å². The number of hydrogen-bond donors (Lipinski definition) is 0. The maximum atomic E-state index is 5.53. The summed E-state index contributed by atoms with van der Waals surface area (Å²) in [5.41, 5.74) is 19.7. The molecule has 0 amide bonds. The van der Waals surface area contributed by atoms with E-state index in [4.69, 9.17) is 4.98 Å². The fourth-order valence-electron chi connectivity index (χ4n) is 14.7. The number of aryl methyl sites for hydroxylation is 1. The Balaban J connectivity index is 0.830. The molecule has 0 N–H and O–H groups in total. The van der Waals surface area contributed by atoms with Gasteiger partial charge in [0.15, 0.2) is 0 Å². The molecule has 0 unspecified atom stereocenters. The predicted molar refractivity (Wildman–Crippen MR) is 357 cm³/mol. The van der Waals surface area contributed by atoms with Crippen molar-refractivity contribution in [3.63, 3.8) is 0 Å². The third-order valence-electron chi connectivity index (χ3n) is 18.1. The minimum atomic E-state index is 0.869. The van der Waals surface area contributed by atoms with E-state index in [9.17, 15) is 0 Å². The lowest BCUT2D eigenvalue weighted by Gasteiger charge is -2.14. The third kappa shape index (κ3) is 6.69. The van der Waals surface area contributed by atoms with Crippen LogP contribution in [0.4, 0.5) is 0 Å². The van der Waals surface area contributed by atoms with Crippen LogP contribution in [0.15, 0.2) is 267 Å². The van der Waals surface area contributed by atoms with Gasteiger partial charge >= 0.3 is 0 Å². The average Bonchev–Trinajstić information content (AvgIpc) is 3.05. The molecule has 0 atom stereocenters. The largest absolute Gasteiger partial charge is 0.310 e. The Kier molecular flexibility index (Phi) is 10.2. The summed E-state index contributed by atoms with van der Waals surface area (Å²) >= 11 is 0. The molecule has 85 heavy (non-hydrogen) atoms. The van der Waals surface area contributed by atoms with Crippen molar-refractivity contribution in [1.82, 2.24) is 32.4 Å². The molecule has 18 aromatic rings. The summed E-state index contributed by atoms with van der Waals surface area (Å²) in [6.45, 7) is 4.38. The molecule has 7 nitrogen and oxygen atoms in total. The van der Waals surface area contributed by atoms with Gasteiger partial charge in [0.1, 0.15) is 11.6 Å². The van der Waals surface area contributed by atoms with Crippen LogP contribution in [-0.4, -0.2) is 32.4 Å². The van der Waals surface area contributed by atoms with Gasteiger partial charge in [-0.05, 0) is 134 Å². The summed E-state index contributed by atoms with van der Waals surface area (Å²) in [6.07, 6.45) is 5.38. The molecule has 7 aromatic heterocycles. The van der Waals surface area contributed by atoms with Gasteiger partial charge in [0, 0.05) is 87.7 Å². The second-order valence-corrected chi connectivity index (χ2v) is 22.5. The highest BCUT2D eigenvalue weighted by Crippen LogP contribution is 2.45. The van der Waals surface area contributed by atoms with Crippen LogP contribution in [0.1, 0.15) is 25.1 Å². The SMILES string of the molecule is C/C=C\c1c(CC)c2ccccc2n1-c1cccc(-n2c3ccccc3c3ccc4c(c5ccccc5n4-c4cccc(-n5c6ccccc6c6cc7c(cc65)c5ccccc5n7-c5cccc(-n6c7ccccc7c7ccccc76)n5)c4)c32)c1. The number of allylic oxidation sites excluding steroid dienone is 1. The maximum Gasteiger partial charge on any atom is 0.140 e. The predicted octanol–water partition coefficient (Wildman–Crippen LogP) is 20.1. The van der Waals surface area contributed by atoms with Gasteiger partial charge in [-0.2, -0.15) is 0 Å². The third-order valence-corrected chi connectivity index (χ3v) is 18.1. The molecule has 0 spiro atoms. The van der Waals surface area contributed by atoms with Crippen molar-refractivity contribution >= 4 is 126 Å². The first-order chi connectivity index (χ1) is 42.1. The van der Waals surface area contributed by atoms with Crippen molar-refractivity contribution < 1.29 is 0 Å². The van der Waals surface area contributed by atoms with Gasteiger partial charge < -0.3 is 18.3 Å². The van der Waals surface area contributed by atoms with Crippen LogP contribution in [0, 0.1) is 0 Å². The topological polar surface area (TPSA) is 42.5 Å². The fourth-order valence-corrected chi connectivity index (χ4v) is 14.7. The van der Waals surface area contributed by atoms with Gasteiger partial charge in [-0.15, -0.1) is 0 Å². The van der Waals surface area contributed by atoms with E-state index in [0.717, 1.165) is 84.9 Å². The summed E-state index contributed by atoms with van der Waals surface area (Å²) in [7, 11) is 0. The normalized spacial score (nSPS) is 12.4. The van der Waals surface area contributed by atoms with Crippen molar-refractivity contribution in [3.05, 3.63) is 278 Å². The number of benzene rings is 11. The van der Waals surface area contributed by atoms with E-state index in [1.54, 1.807) is 0 Å². The zero-order chi connectivity index (χ0) is 56.0. The lowest BCUT2D eigenvalue weighted by atomic mass is 10.1. The van der Waals surface area contributed by atoms with E-state index in [0.29, 0.717) is 0 Å². The highest BCUT2D eigenvalue weighted by Gasteiger charge is 2.25. The Labute approximate surface area is 488 Å². The van der Waals surface area contributed by atoms with Crippen LogP contribution in [0.2, 0.25) is 0 Å². The molecule has 0 fully saturated rings. The summed E-state index contributed by atoms with van der Waals surface area (Å²) in [5, 5.41) is 13.3. The second-order valence-electron chi connectivity index (χ2n) is 22.5. The Bertz CT molecular complexity index is 5810. The van der Waals surface area contributed by atoms with Gasteiger partial charge in [-0.1, -0.05) is 165 Å². The molecule has 0 bridgehead atoms. The van der Waals surface area contributed by atoms with Crippen molar-refractivity contribution in [1.29, 1.82) is 0 Å². The second kappa shape index (κ2) is 18.2. The Morgan fingerprint density at radius 1 is 0.294 bits per heavy atom. The molecule has 18 rings (SSSR count). The van der Waals surface area contributed by atoms with Crippen LogP contribution in [0.25, 0.3) is 160 Å². The number of fused-ring (bicyclic) bond motifs is 17. The van der Waals surface area contributed by atoms with Crippen LogP contribution in [0.5, 0.6) is 0 Å². The van der Waals surface area contributed by atoms with E-state index in [1.807, 2.05) is 0 Å². The first-order valence-electron chi connectivity index (χ1n) is 29.5. The molecule has 0 aliphatic heterocycles. The quantitative estimate of drug-likeness (QED) is 0.150. The first-order valence-corrected chi connectivity index (χ1v) is 29.5. The number of pyridine rings is 1. The number of aromatic nitrogens is 7. The molecular formula is C78H53N7. The van der Waals surface area contributed by atoms with E-state index in [1.165, 1.54) is 87.1 Å². The molecule has 0 saturated heterocycles. The van der Waals surface area contributed by atoms with Crippen LogP contribution >= 0.6 is 0 Å². The van der Waals surface area contributed by atoms with Gasteiger partial charge in [0.05, 0.1) is 60.7 Å². The van der Waals surface area contributed by atoms with Gasteiger partial charge in [-0.3, -0.25) is 9.13 Å². The van der Waals surface area contributed by atoms with Crippen molar-refractivity contribution in [2.24, 2.45) is 0 Å². The maximum absolute atomic E-state index is 5.53. The number of para-hydroxylation sites is 7. The van der Waals surface area contributed by atoms with Crippen molar-refractivity contribution in [2.75, 3.05) is 0 Å². The van der Waals surface area contributed by atoms with E-state index < -0.39 is 0 Å². The summed E-state index contributed by atoms with van der Waals surface area (Å²) < 4.78 is 14.6. The zero-order valence-corrected chi connectivity index (χ0v) is 46.8. The van der Waals surface area contributed by atoms with Crippen LogP contribution in [0.3, 0.4) is 0 Å². The molecule has 400 valence electrons. The minimum Gasteiger partial charge on any atom is -0.310 e. The van der Waals surface area contributed by atoms with Gasteiger partial charge in [-0.25, -0.2) is 4.98 Å². The molecule has 0 aliphatic rings. The lowest BCUT2D eigenvalue weighted by molar-refractivity contribution is 1.01. The van der Waals surface area contributed by atoms with Crippen LogP contribution < -0.4 is 0 Å². The molecular weight excluding hydrogens is 1030 g/mol. The van der Waals surface area contributed by atoms with Crippen molar-refractivity contribution in [2.45, 2.75) is 20.3 Å². The molecule has 0 saturated carbocycles. The highest BCUT2D eigenvalue weighted by molar-refractivity contribution is 6.26. The summed E-state index contributed by atoms with van der Waals surface area (Å²) in [4.78, 5) is 5.53. The number of hydrogen-bond acceptors (Lipinski definition) is 1. The molecule has 7 heteroatoms. The van der Waals surface area contributed by atoms with E-state index in [-0.39, 0.29) is 0 Å². The van der Waals surface area contributed by atoms with E-state index in [2.05, 4.69) is 314 Å². The van der Waals surface area contributed by atoms with Gasteiger partial charge in [0.25, 0.3) is 0 Å². The average molecular weight is 1090 g/mol. The number of nitrogens with zero attached hydrogens (tertiary/aromatic N) is 7. The van der Waals surface area contributed by atoms with E-state index >= 15 is 0 Å². The molecule has 7 heterocycles.